The van der Waals surface area contributed by atoms with Crippen molar-refractivity contribution in [2.45, 2.75) is 0 Å². The molecule has 0 amide bonds. The molecule has 4 nitrogen and oxygen atoms in total. The SMILES string of the molecule is c1ccc(-c2ccc3c(c2)oc2c4ccccc4c(-c4ccc(-c5nc(-c6ccccc6)nc(-c6ccc7ccccc7c6)n5)c5ccccc45)cc32)cc1. The average molecular weight is 702 g/mol. The Hall–Kier alpha value is -7.43. The molecule has 256 valence electrons. The van der Waals surface area contributed by atoms with Crippen molar-refractivity contribution < 1.29 is 4.42 Å². The van der Waals surface area contributed by atoms with E-state index in [-0.39, 0.29) is 0 Å². The minimum Gasteiger partial charge on any atom is -0.455 e. The molecule has 0 aliphatic rings. The summed E-state index contributed by atoms with van der Waals surface area (Å²) in [7, 11) is 0. The van der Waals surface area contributed by atoms with Gasteiger partial charge in [-0.1, -0.05) is 158 Å². The molecule has 0 unspecified atom stereocenters. The Morgan fingerprint density at radius 1 is 0.291 bits per heavy atom. The van der Waals surface area contributed by atoms with Crippen LogP contribution < -0.4 is 0 Å². The van der Waals surface area contributed by atoms with Crippen LogP contribution in [0.2, 0.25) is 0 Å². The van der Waals surface area contributed by atoms with Crippen molar-refractivity contribution in [3.8, 4) is 56.4 Å². The smallest absolute Gasteiger partial charge is 0.164 e. The second-order valence-electron chi connectivity index (χ2n) is 14.0. The van der Waals surface area contributed by atoms with Crippen LogP contribution in [0.5, 0.6) is 0 Å². The standard InChI is InChI=1S/C51H31N3O/c1-3-13-32(14-4-1)36-25-26-42-46-31-45(40-21-11-12-22-43(40)48(46)55-47(42)30-36)41-27-28-44(39-20-10-9-19-38(39)41)51-53-49(34-16-5-2-6-17-34)52-50(54-51)37-24-23-33-15-7-8-18-35(33)29-37/h1-31H. The van der Waals surface area contributed by atoms with Gasteiger partial charge in [-0.05, 0) is 79.5 Å². The van der Waals surface area contributed by atoms with Crippen LogP contribution in [-0.2, 0) is 0 Å². The number of fused-ring (bicyclic) bond motifs is 7. The monoisotopic (exact) mass is 701 g/mol. The average Bonchev–Trinajstić information content (AvgIpc) is 3.64. The van der Waals surface area contributed by atoms with E-state index in [0.29, 0.717) is 17.5 Å². The van der Waals surface area contributed by atoms with Crippen LogP contribution in [0.4, 0.5) is 0 Å². The maximum Gasteiger partial charge on any atom is 0.164 e. The van der Waals surface area contributed by atoms with Gasteiger partial charge in [-0.2, -0.15) is 0 Å². The third-order valence-corrected chi connectivity index (χ3v) is 10.7. The van der Waals surface area contributed by atoms with Crippen LogP contribution in [0, 0.1) is 0 Å². The van der Waals surface area contributed by atoms with Crippen molar-refractivity contribution in [2.75, 3.05) is 0 Å². The van der Waals surface area contributed by atoms with Crippen molar-refractivity contribution in [3.05, 3.63) is 188 Å². The Morgan fingerprint density at radius 3 is 1.62 bits per heavy atom. The largest absolute Gasteiger partial charge is 0.455 e. The highest BCUT2D eigenvalue weighted by Crippen LogP contribution is 2.43. The molecule has 0 radical (unpaired) electrons. The van der Waals surface area contributed by atoms with E-state index in [1.165, 1.54) is 10.9 Å². The molecule has 0 atom stereocenters. The highest BCUT2D eigenvalue weighted by Gasteiger charge is 2.20. The van der Waals surface area contributed by atoms with Crippen molar-refractivity contribution in [1.29, 1.82) is 0 Å². The minimum atomic E-state index is 0.634. The molecule has 0 bridgehead atoms. The second-order valence-corrected chi connectivity index (χ2v) is 14.0. The fourth-order valence-corrected chi connectivity index (χ4v) is 8.03. The zero-order valence-electron chi connectivity index (χ0n) is 29.6. The summed E-state index contributed by atoms with van der Waals surface area (Å²) in [6.45, 7) is 0. The van der Waals surface area contributed by atoms with Gasteiger partial charge in [0, 0.05) is 32.8 Å². The highest BCUT2D eigenvalue weighted by atomic mass is 16.3. The van der Waals surface area contributed by atoms with Crippen LogP contribution in [-0.4, -0.2) is 15.0 Å². The maximum absolute atomic E-state index is 6.68. The van der Waals surface area contributed by atoms with E-state index < -0.39 is 0 Å². The molecule has 0 aliphatic heterocycles. The fourth-order valence-electron chi connectivity index (χ4n) is 8.03. The first kappa shape index (κ1) is 31.1. The van der Waals surface area contributed by atoms with Crippen LogP contribution >= 0.6 is 0 Å². The summed E-state index contributed by atoms with van der Waals surface area (Å²) in [6.07, 6.45) is 0. The molecule has 4 heteroatoms. The molecular weight excluding hydrogens is 671 g/mol. The first-order valence-corrected chi connectivity index (χ1v) is 18.5. The summed E-state index contributed by atoms with van der Waals surface area (Å²) in [4.78, 5) is 15.3. The lowest BCUT2D eigenvalue weighted by Gasteiger charge is -2.15. The van der Waals surface area contributed by atoms with Gasteiger partial charge >= 0.3 is 0 Å². The van der Waals surface area contributed by atoms with E-state index >= 15 is 0 Å². The van der Waals surface area contributed by atoms with Gasteiger partial charge in [0.05, 0.1) is 0 Å². The Balaban J connectivity index is 1.11. The van der Waals surface area contributed by atoms with Gasteiger partial charge in [-0.25, -0.2) is 15.0 Å². The Kier molecular flexibility index (Phi) is 7.14. The number of furan rings is 1. The van der Waals surface area contributed by atoms with Gasteiger partial charge in [0.15, 0.2) is 17.5 Å². The first-order valence-electron chi connectivity index (χ1n) is 18.5. The quantitative estimate of drug-likeness (QED) is 0.179. The Morgan fingerprint density at radius 2 is 0.855 bits per heavy atom. The lowest BCUT2D eigenvalue weighted by molar-refractivity contribution is 0.673. The highest BCUT2D eigenvalue weighted by molar-refractivity contribution is 6.21. The molecule has 2 aromatic heterocycles. The van der Waals surface area contributed by atoms with Crippen molar-refractivity contribution in [3.63, 3.8) is 0 Å². The predicted molar refractivity (Wildman–Crippen MR) is 227 cm³/mol. The van der Waals surface area contributed by atoms with E-state index in [1.54, 1.807) is 0 Å². The molecular formula is C51H31N3O. The molecule has 9 aromatic carbocycles. The zero-order valence-corrected chi connectivity index (χ0v) is 29.6. The number of hydrogen-bond donors (Lipinski definition) is 0. The van der Waals surface area contributed by atoms with E-state index in [2.05, 4.69) is 152 Å². The predicted octanol–water partition coefficient (Wildman–Crippen LogP) is 13.6. The number of benzene rings is 9. The first-order chi connectivity index (χ1) is 27.2. The van der Waals surface area contributed by atoms with Crippen molar-refractivity contribution in [2.24, 2.45) is 0 Å². The minimum absolute atomic E-state index is 0.634. The summed E-state index contributed by atoms with van der Waals surface area (Å²) in [5, 5.41) is 8.94. The van der Waals surface area contributed by atoms with Gasteiger partial charge < -0.3 is 4.42 Å². The third-order valence-electron chi connectivity index (χ3n) is 10.7. The van der Waals surface area contributed by atoms with Gasteiger partial charge in [0.1, 0.15) is 11.2 Å². The molecule has 0 saturated heterocycles. The summed E-state index contributed by atoms with van der Waals surface area (Å²) in [6, 6.07) is 65.8. The topological polar surface area (TPSA) is 51.8 Å². The number of rotatable bonds is 5. The lowest BCUT2D eigenvalue weighted by Crippen LogP contribution is -2.01. The summed E-state index contributed by atoms with van der Waals surface area (Å²) in [5.74, 6) is 1.91. The molecule has 0 spiro atoms. The van der Waals surface area contributed by atoms with Gasteiger partial charge in [-0.3, -0.25) is 0 Å². The summed E-state index contributed by atoms with van der Waals surface area (Å²) in [5.41, 5.74) is 9.22. The van der Waals surface area contributed by atoms with Crippen LogP contribution in [0.1, 0.15) is 0 Å². The fraction of sp³-hybridized carbons (Fsp3) is 0. The van der Waals surface area contributed by atoms with E-state index in [9.17, 15) is 0 Å². The molecule has 0 saturated carbocycles. The maximum atomic E-state index is 6.68. The molecule has 11 aromatic rings. The van der Waals surface area contributed by atoms with Gasteiger partial charge in [0.2, 0.25) is 0 Å². The summed E-state index contributed by atoms with van der Waals surface area (Å²) < 4.78 is 6.68. The van der Waals surface area contributed by atoms with E-state index in [4.69, 9.17) is 19.4 Å². The summed E-state index contributed by atoms with van der Waals surface area (Å²) >= 11 is 0. The van der Waals surface area contributed by atoms with Crippen LogP contribution in [0.25, 0.3) is 111 Å². The number of hydrogen-bond acceptors (Lipinski definition) is 4. The molecule has 11 rings (SSSR count). The molecule has 0 aliphatic carbocycles. The number of aromatic nitrogens is 3. The molecule has 0 fully saturated rings. The van der Waals surface area contributed by atoms with E-state index in [0.717, 1.165) is 82.3 Å². The van der Waals surface area contributed by atoms with Crippen molar-refractivity contribution >= 4 is 54.3 Å². The molecule has 2 heterocycles. The normalized spacial score (nSPS) is 11.6. The number of nitrogens with zero attached hydrogens (tertiary/aromatic N) is 3. The van der Waals surface area contributed by atoms with Crippen LogP contribution in [0.15, 0.2) is 192 Å². The zero-order chi connectivity index (χ0) is 36.3. The Bertz CT molecular complexity index is 3260. The molecule has 0 N–H and O–H groups in total. The van der Waals surface area contributed by atoms with Crippen molar-refractivity contribution in [1.82, 2.24) is 15.0 Å². The Labute approximate surface area is 317 Å². The van der Waals surface area contributed by atoms with Crippen LogP contribution in [0.3, 0.4) is 0 Å². The van der Waals surface area contributed by atoms with Gasteiger partial charge in [-0.15, -0.1) is 0 Å². The second kappa shape index (κ2) is 12.6. The van der Waals surface area contributed by atoms with Gasteiger partial charge in [0.25, 0.3) is 0 Å². The third kappa shape index (κ3) is 5.26. The molecule has 55 heavy (non-hydrogen) atoms. The van der Waals surface area contributed by atoms with E-state index in [1.807, 2.05) is 36.4 Å². The lowest BCUT2D eigenvalue weighted by atomic mass is 9.90.